The minimum atomic E-state index is -0.420. The molecule has 7 heteroatoms. The minimum absolute atomic E-state index is 0.0123. The van der Waals surface area contributed by atoms with Gasteiger partial charge in [-0.05, 0) is 18.2 Å². The summed E-state index contributed by atoms with van der Waals surface area (Å²) < 4.78 is 0. The molecule has 0 aliphatic carbocycles. The molecule has 1 aromatic heterocycles. The number of halogens is 1. The molecule has 0 bridgehead atoms. The monoisotopic (exact) mass is 356 g/mol. The van der Waals surface area contributed by atoms with Crippen molar-refractivity contribution < 1.29 is 4.92 Å². The molecule has 2 aromatic rings. The Bertz CT molecular complexity index is 809. The number of benzene rings is 1. The SMILES string of the molecule is O=[N+]([O-])c1ccc(Cl)nc1N1CCN(CC#Cc2ccccc2)CC1. The summed E-state index contributed by atoms with van der Waals surface area (Å²) in [4.78, 5) is 19.0. The van der Waals surface area contributed by atoms with Gasteiger partial charge >= 0.3 is 5.69 Å². The van der Waals surface area contributed by atoms with E-state index in [4.69, 9.17) is 11.6 Å². The Hall–Kier alpha value is -2.62. The molecular formula is C18H17ClN4O2. The van der Waals surface area contributed by atoms with Gasteiger partial charge in [-0.2, -0.15) is 0 Å². The van der Waals surface area contributed by atoms with Crippen LogP contribution in [0.25, 0.3) is 0 Å². The maximum atomic E-state index is 11.2. The van der Waals surface area contributed by atoms with Crippen molar-refractivity contribution in [2.45, 2.75) is 0 Å². The van der Waals surface area contributed by atoms with Gasteiger partial charge in [-0.1, -0.05) is 41.6 Å². The Balaban J connectivity index is 1.60. The number of nitrogens with zero attached hydrogens (tertiary/aromatic N) is 4. The molecule has 1 fully saturated rings. The maximum Gasteiger partial charge on any atom is 0.311 e. The summed E-state index contributed by atoms with van der Waals surface area (Å²) in [6.45, 7) is 3.53. The summed E-state index contributed by atoms with van der Waals surface area (Å²) in [5.74, 6) is 6.66. The van der Waals surface area contributed by atoms with Crippen molar-refractivity contribution in [3.05, 3.63) is 63.3 Å². The Morgan fingerprint density at radius 3 is 2.52 bits per heavy atom. The molecule has 0 N–H and O–H groups in total. The second-order valence-corrected chi connectivity index (χ2v) is 6.05. The largest absolute Gasteiger partial charge is 0.348 e. The minimum Gasteiger partial charge on any atom is -0.348 e. The van der Waals surface area contributed by atoms with Gasteiger partial charge in [0.05, 0.1) is 11.5 Å². The van der Waals surface area contributed by atoms with E-state index >= 15 is 0 Å². The average Bonchev–Trinajstić information content (AvgIpc) is 2.63. The molecule has 25 heavy (non-hydrogen) atoms. The zero-order valence-electron chi connectivity index (χ0n) is 13.6. The van der Waals surface area contributed by atoms with Crippen molar-refractivity contribution in [1.82, 2.24) is 9.88 Å². The second-order valence-electron chi connectivity index (χ2n) is 5.66. The highest BCUT2D eigenvalue weighted by Gasteiger charge is 2.25. The zero-order chi connectivity index (χ0) is 17.6. The molecule has 1 aliphatic heterocycles. The van der Waals surface area contributed by atoms with Gasteiger partial charge in [-0.3, -0.25) is 15.0 Å². The molecule has 0 spiro atoms. The van der Waals surface area contributed by atoms with Crippen LogP contribution in [-0.4, -0.2) is 47.5 Å². The molecule has 1 saturated heterocycles. The van der Waals surface area contributed by atoms with Crippen molar-refractivity contribution in [3.63, 3.8) is 0 Å². The molecule has 0 amide bonds. The Morgan fingerprint density at radius 2 is 1.84 bits per heavy atom. The van der Waals surface area contributed by atoms with Crippen LogP contribution >= 0.6 is 11.6 Å². The first-order valence-corrected chi connectivity index (χ1v) is 8.33. The lowest BCUT2D eigenvalue weighted by Crippen LogP contribution is -2.46. The highest BCUT2D eigenvalue weighted by atomic mass is 35.5. The molecule has 6 nitrogen and oxygen atoms in total. The van der Waals surface area contributed by atoms with E-state index in [2.05, 4.69) is 21.7 Å². The van der Waals surface area contributed by atoms with Crippen molar-refractivity contribution in [2.24, 2.45) is 0 Å². The summed E-state index contributed by atoms with van der Waals surface area (Å²) in [5.41, 5.74) is 0.988. The highest BCUT2D eigenvalue weighted by molar-refractivity contribution is 6.29. The lowest BCUT2D eigenvalue weighted by atomic mass is 10.2. The van der Waals surface area contributed by atoms with Crippen LogP contribution in [0.3, 0.4) is 0 Å². The summed E-state index contributed by atoms with van der Waals surface area (Å²) in [6, 6.07) is 12.7. The van der Waals surface area contributed by atoms with Gasteiger partial charge in [0.25, 0.3) is 0 Å². The third kappa shape index (κ3) is 4.47. The molecule has 2 heterocycles. The van der Waals surface area contributed by atoms with Crippen molar-refractivity contribution >= 4 is 23.1 Å². The number of hydrogen-bond donors (Lipinski definition) is 0. The van der Waals surface area contributed by atoms with Gasteiger partial charge in [-0.25, -0.2) is 4.98 Å². The summed E-state index contributed by atoms with van der Waals surface area (Å²) >= 11 is 5.91. The number of piperazine rings is 1. The fourth-order valence-corrected chi connectivity index (χ4v) is 2.83. The van der Waals surface area contributed by atoms with Gasteiger partial charge in [0.2, 0.25) is 5.82 Å². The molecule has 128 valence electrons. The van der Waals surface area contributed by atoms with Crippen LogP contribution in [0.1, 0.15) is 5.56 Å². The van der Waals surface area contributed by atoms with E-state index in [1.807, 2.05) is 35.2 Å². The molecular weight excluding hydrogens is 340 g/mol. The quantitative estimate of drug-likeness (QED) is 0.366. The molecule has 0 saturated carbocycles. The van der Waals surface area contributed by atoms with Crippen LogP contribution in [0.4, 0.5) is 11.5 Å². The Morgan fingerprint density at radius 1 is 1.12 bits per heavy atom. The Kier molecular flexibility index (Phi) is 5.49. The second kappa shape index (κ2) is 7.97. The van der Waals surface area contributed by atoms with E-state index in [-0.39, 0.29) is 10.8 Å². The van der Waals surface area contributed by atoms with Crippen molar-refractivity contribution in [3.8, 4) is 11.8 Å². The molecule has 0 radical (unpaired) electrons. The number of rotatable bonds is 3. The first-order chi connectivity index (χ1) is 12.1. The molecule has 0 atom stereocenters. The van der Waals surface area contributed by atoms with Gasteiger partial charge in [-0.15, -0.1) is 0 Å². The van der Waals surface area contributed by atoms with Gasteiger partial charge in [0, 0.05) is 37.8 Å². The van der Waals surface area contributed by atoms with Crippen molar-refractivity contribution in [1.29, 1.82) is 0 Å². The van der Waals surface area contributed by atoms with E-state index in [9.17, 15) is 10.1 Å². The van der Waals surface area contributed by atoms with Crippen LogP contribution in [-0.2, 0) is 0 Å². The third-order valence-electron chi connectivity index (χ3n) is 4.00. The van der Waals surface area contributed by atoms with Crippen LogP contribution in [0.15, 0.2) is 42.5 Å². The van der Waals surface area contributed by atoms with E-state index in [0.717, 1.165) is 18.7 Å². The molecule has 1 aliphatic rings. The summed E-state index contributed by atoms with van der Waals surface area (Å²) in [6.07, 6.45) is 0. The topological polar surface area (TPSA) is 62.5 Å². The Labute approximate surface area is 151 Å². The number of aromatic nitrogens is 1. The van der Waals surface area contributed by atoms with Crippen LogP contribution in [0.2, 0.25) is 5.15 Å². The summed E-state index contributed by atoms with van der Waals surface area (Å²) in [5, 5.41) is 11.4. The number of pyridine rings is 1. The molecule has 0 unspecified atom stereocenters. The predicted molar refractivity (Wildman–Crippen MR) is 97.9 cm³/mol. The smallest absolute Gasteiger partial charge is 0.311 e. The van der Waals surface area contributed by atoms with Crippen LogP contribution in [0.5, 0.6) is 0 Å². The van der Waals surface area contributed by atoms with Crippen molar-refractivity contribution in [2.75, 3.05) is 37.6 Å². The lowest BCUT2D eigenvalue weighted by Gasteiger charge is -2.34. The van der Waals surface area contributed by atoms with E-state index in [1.165, 1.54) is 12.1 Å². The number of nitro groups is 1. The fourth-order valence-electron chi connectivity index (χ4n) is 2.69. The predicted octanol–water partition coefficient (Wildman–Crippen LogP) is 2.82. The first-order valence-electron chi connectivity index (χ1n) is 7.95. The van der Waals surface area contributed by atoms with E-state index < -0.39 is 4.92 Å². The first kappa shape index (κ1) is 17.2. The fraction of sp³-hybridized carbons (Fsp3) is 0.278. The average molecular weight is 357 g/mol. The molecule has 3 rings (SSSR count). The number of hydrogen-bond acceptors (Lipinski definition) is 5. The van der Waals surface area contributed by atoms with Gasteiger partial charge < -0.3 is 4.90 Å². The maximum absolute atomic E-state index is 11.2. The third-order valence-corrected chi connectivity index (χ3v) is 4.21. The molecule has 1 aromatic carbocycles. The van der Waals surface area contributed by atoms with Gasteiger partial charge in [0.15, 0.2) is 0 Å². The van der Waals surface area contributed by atoms with E-state index in [0.29, 0.717) is 25.5 Å². The highest BCUT2D eigenvalue weighted by Crippen LogP contribution is 2.28. The van der Waals surface area contributed by atoms with Crippen LogP contribution in [0, 0.1) is 22.0 Å². The zero-order valence-corrected chi connectivity index (χ0v) is 14.3. The van der Waals surface area contributed by atoms with Gasteiger partial charge in [0.1, 0.15) is 5.15 Å². The normalized spacial score (nSPS) is 14.7. The standard InChI is InChI=1S/C18H17ClN4O2/c19-17-9-8-16(23(24)25)18(20-17)22-13-11-21(12-14-22)10-4-7-15-5-2-1-3-6-15/h1-3,5-6,8-9H,10-14H2. The van der Waals surface area contributed by atoms with E-state index in [1.54, 1.807) is 0 Å². The van der Waals surface area contributed by atoms with Crippen LogP contribution < -0.4 is 4.90 Å². The summed E-state index contributed by atoms with van der Waals surface area (Å²) in [7, 11) is 0. The lowest BCUT2D eigenvalue weighted by molar-refractivity contribution is -0.384. The number of anilines is 1.